The smallest absolute Gasteiger partial charge is 0.319 e. The van der Waals surface area contributed by atoms with Crippen LogP contribution in [0.4, 0.5) is 6.01 Å². The summed E-state index contributed by atoms with van der Waals surface area (Å²) < 4.78 is 7.71. The van der Waals surface area contributed by atoms with Gasteiger partial charge in [0.1, 0.15) is 11.7 Å². The summed E-state index contributed by atoms with van der Waals surface area (Å²) in [6, 6.07) is 9.27. The first-order chi connectivity index (χ1) is 14.8. The summed E-state index contributed by atoms with van der Waals surface area (Å²) in [5, 5.41) is 21.7. The molecule has 1 aliphatic heterocycles. The van der Waals surface area contributed by atoms with Crippen LogP contribution in [0.3, 0.4) is 0 Å². The fourth-order valence-corrected chi connectivity index (χ4v) is 3.98. The van der Waals surface area contributed by atoms with Crippen LogP contribution >= 0.6 is 11.6 Å². The number of hydrogen-bond acceptors (Lipinski definition) is 8. The summed E-state index contributed by atoms with van der Waals surface area (Å²) in [7, 11) is 0. The number of hydrogen-bond donors (Lipinski definition) is 1. The number of H-pyrrole nitrogens is 1. The molecule has 0 aromatic carbocycles. The highest BCUT2D eigenvalue weighted by atomic mass is 35.5. The molecule has 0 fully saturated rings. The van der Waals surface area contributed by atoms with E-state index in [0.29, 0.717) is 29.2 Å². The van der Waals surface area contributed by atoms with Crippen molar-refractivity contribution < 1.29 is 4.42 Å². The molecule has 10 nitrogen and oxygen atoms in total. The molecule has 0 saturated heterocycles. The van der Waals surface area contributed by atoms with Crippen LogP contribution in [0.5, 0.6) is 0 Å². The van der Waals surface area contributed by atoms with Crippen LogP contribution < -0.4 is 4.90 Å². The zero-order valence-electron chi connectivity index (χ0n) is 15.5. The van der Waals surface area contributed by atoms with Crippen LogP contribution in [0.15, 0.2) is 53.5 Å². The molecule has 6 heterocycles. The predicted octanol–water partition coefficient (Wildman–Crippen LogP) is 2.70. The number of nitrogens with zero attached hydrogens (tertiary/aromatic N) is 8. The predicted molar refractivity (Wildman–Crippen MR) is 107 cm³/mol. The highest BCUT2D eigenvalue weighted by molar-refractivity contribution is 6.33. The Morgan fingerprint density at radius 2 is 2.13 bits per heavy atom. The van der Waals surface area contributed by atoms with Gasteiger partial charge in [0.2, 0.25) is 0 Å². The number of imidazole rings is 1. The molecule has 0 amide bonds. The molecule has 0 bridgehead atoms. The highest BCUT2D eigenvalue weighted by Gasteiger charge is 2.36. The van der Waals surface area contributed by atoms with Crippen LogP contribution in [0.1, 0.15) is 23.1 Å². The van der Waals surface area contributed by atoms with Crippen molar-refractivity contribution in [3.8, 4) is 11.6 Å². The Balaban J connectivity index is 1.46. The minimum atomic E-state index is -0.300. The maximum absolute atomic E-state index is 6.36. The van der Waals surface area contributed by atoms with E-state index in [1.54, 1.807) is 29.2 Å². The van der Waals surface area contributed by atoms with Crippen molar-refractivity contribution in [2.24, 2.45) is 0 Å². The minimum absolute atomic E-state index is 0.300. The van der Waals surface area contributed by atoms with Gasteiger partial charge in [0, 0.05) is 31.1 Å². The molecule has 1 N–H and O–H groups in total. The van der Waals surface area contributed by atoms with E-state index in [1.807, 2.05) is 29.3 Å². The van der Waals surface area contributed by atoms with Gasteiger partial charge in [-0.05, 0) is 30.3 Å². The van der Waals surface area contributed by atoms with Crippen molar-refractivity contribution in [3.05, 3.63) is 71.2 Å². The molecule has 1 unspecified atom stereocenters. The third-order valence-corrected chi connectivity index (χ3v) is 5.45. The Bertz CT molecular complexity index is 1340. The molecule has 5 aromatic rings. The Labute approximate surface area is 174 Å². The lowest BCUT2D eigenvalue weighted by Crippen LogP contribution is -2.36. The molecule has 11 heteroatoms. The molecule has 0 aliphatic carbocycles. The molecular weight excluding hydrogens is 406 g/mol. The number of anilines is 1. The van der Waals surface area contributed by atoms with Gasteiger partial charge in [0.25, 0.3) is 5.89 Å². The van der Waals surface area contributed by atoms with Crippen LogP contribution in [0.25, 0.3) is 17.1 Å². The average molecular weight is 420 g/mol. The van der Waals surface area contributed by atoms with Gasteiger partial charge in [-0.25, -0.2) is 9.50 Å². The van der Waals surface area contributed by atoms with E-state index in [-0.39, 0.29) is 6.04 Å². The number of aromatic nitrogens is 8. The Kier molecular flexibility index (Phi) is 3.78. The van der Waals surface area contributed by atoms with E-state index in [0.717, 1.165) is 29.0 Å². The number of nitrogens with one attached hydrogen (secondary N) is 1. The molecule has 1 aliphatic rings. The second-order valence-corrected chi connectivity index (χ2v) is 7.27. The third kappa shape index (κ3) is 2.65. The van der Waals surface area contributed by atoms with E-state index >= 15 is 0 Å². The SMILES string of the molecule is Clc1cccn2nc(C3c4nc[nH]c4CCN3c3nnc(-c4cccnn4)o3)cc12. The lowest BCUT2D eigenvalue weighted by Gasteiger charge is -2.32. The summed E-state index contributed by atoms with van der Waals surface area (Å²) in [5.74, 6) is 0.308. The molecule has 30 heavy (non-hydrogen) atoms. The number of pyridine rings is 1. The quantitative estimate of drug-likeness (QED) is 0.474. The number of rotatable bonds is 3. The second kappa shape index (κ2) is 6.63. The summed E-state index contributed by atoms with van der Waals surface area (Å²) in [5.41, 5.74) is 4.07. The maximum Gasteiger partial charge on any atom is 0.319 e. The normalized spacial score (nSPS) is 16.2. The van der Waals surface area contributed by atoms with Crippen molar-refractivity contribution in [1.29, 1.82) is 0 Å². The fraction of sp³-hybridized carbons (Fsp3) is 0.158. The molecule has 1 atom stereocenters. The lowest BCUT2D eigenvalue weighted by atomic mass is 10.0. The highest BCUT2D eigenvalue weighted by Crippen LogP contribution is 2.37. The van der Waals surface area contributed by atoms with Crippen LogP contribution in [0.2, 0.25) is 5.02 Å². The number of fused-ring (bicyclic) bond motifs is 2. The van der Waals surface area contributed by atoms with Gasteiger partial charge in [-0.15, -0.1) is 10.2 Å². The van der Waals surface area contributed by atoms with Crippen molar-refractivity contribution in [1.82, 2.24) is 40.0 Å². The summed E-state index contributed by atoms with van der Waals surface area (Å²) >= 11 is 6.36. The molecule has 6 rings (SSSR count). The van der Waals surface area contributed by atoms with E-state index in [2.05, 4.69) is 30.4 Å². The van der Waals surface area contributed by atoms with Gasteiger partial charge >= 0.3 is 6.01 Å². The first-order valence-corrected chi connectivity index (χ1v) is 9.70. The first kappa shape index (κ1) is 17.1. The van der Waals surface area contributed by atoms with Gasteiger partial charge < -0.3 is 14.3 Å². The zero-order chi connectivity index (χ0) is 20.1. The average Bonchev–Trinajstić information content (AvgIpc) is 3.52. The summed E-state index contributed by atoms with van der Waals surface area (Å²) in [6.07, 6.45) is 5.92. The number of halogens is 1. The Hall–Kier alpha value is -3.79. The first-order valence-electron chi connectivity index (χ1n) is 9.32. The number of aromatic amines is 1. The third-order valence-electron chi connectivity index (χ3n) is 5.13. The van der Waals surface area contributed by atoms with Crippen LogP contribution in [0, 0.1) is 0 Å². The molecule has 0 saturated carbocycles. The molecule has 0 spiro atoms. The lowest BCUT2D eigenvalue weighted by molar-refractivity contribution is 0.502. The molecular formula is C19H14ClN9O. The molecule has 5 aromatic heterocycles. The van der Waals surface area contributed by atoms with Gasteiger partial charge in [0.15, 0.2) is 0 Å². The van der Waals surface area contributed by atoms with E-state index < -0.39 is 0 Å². The van der Waals surface area contributed by atoms with Crippen molar-refractivity contribution in [2.45, 2.75) is 12.5 Å². The summed E-state index contributed by atoms with van der Waals surface area (Å²) in [6.45, 7) is 0.656. The van der Waals surface area contributed by atoms with E-state index in [1.165, 1.54) is 0 Å². The summed E-state index contributed by atoms with van der Waals surface area (Å²) in [4.78, 5) is 9.78. The van der Waals surface area contributed by atoms with Gasteiger partial charge in [0.05, 0.1) is 28.3 Å². The molecule has 0 radical (unpaired) electrons. The zero-order valence-corrected chi connectivity index (χ0v) is 16.2. The van der Waals surface area contributed by atoms with Gasteiger partial charge in [-0.3, -0.25) is 0 Å². The van der Waals surface area contributed by atoms with Crippen molar-refractivity contribution >= 4 is 23.1 Å². The van der Waals surface area contributed by atoms with Gasteiger partial charge in [-0.2, -0.15) is 10.2 Å². The second-order valence-electron chi connectivity index (χ2n) is 6.87. The van der Waals surface area contributed by atoms with Crippen LogP contribution in [-0.4, -0.2) is 46.5 Å². The molecule has 148 valence electrons. The standard InChI is InChI=1S/C19H14ClN9O/c20-11-3-2-7-29-15(11)9-14(27-29)17-16-12(21-10-22-16)5-8-28(17)19-26-25-18(30-19)13-4-1-6-23-24-13/h1-4,6-7,9-10,17H,5,8H2,(H,21,22). The van der Waals surface area contributed by atoms with Crippen molar-refractivity contribution in [2.75, 3.05) is 11.4 Å². The monoisotopic (exact) mass is 419 g/mol. The minimum Gasteiger partial charge on any atom is -0.401 e. The largest absolute Gasteiger partial charge is 0.401 e. The topological polar surface area (TPSA) is 114 Å². The van der Waals surface area contributed by atoms with E-state index in [4.69, 9.17) is 21.1 Å². The fourth-order valence-electron chi connectivity index (χ4n) is 3.77. The Morgan fingerprint density at radius 1 is 1.17 bits per heavy atom. The van der Waals surface area contributed by atoms with E-state index in [9.17, 15) is 0 Å². The van der Waals surface area contributed by atoms with Crippen molar-refractivity contribution in [3.63, 3.8) is 0 Å². The van der Waals surface area contributed by atoms with Gasteiger partial charge in [-0.1, -0.05) is 16.7 Å². The Morgan fingerprint density at radius 3 is 3.00 bits per heavy atom. The maximum atomic E-state index is 6.36. The van der Waals surface area contributed by atoms with Crippen LogP contribution in [-0.2, 0) is 6.42 Å².